The number of piperidine rings is 1. The van der Waals surface area contributed by atoms with Crippen LogP contribution in [0.4, 0.5) is 5.95 Å². The van der Waals surface area contributed by atoms with Crippen molar-refractivity contribution in [2.24, 2.45) is 23.7 Å². The molecule has 1 aliphatic carbocycles. The Morgan fingerprint density at radius 2 is 1.98 bits per heavy atom. The van der Waals surface area contributed by atoms with Gasteiger partial charge in [-0.15, -0.1) is 0 Å². The van der Waals surface area contributed by atoms with Gasteiger partial charge >= 0.3 is 0 Å². The molecule has 12 nitrogen and oxygen atoms in total. The van der Waals surface area contributed by atoms with Crippen molar-refractivity contribution in [3.8, 4) is 0 Å². The van der Waals surface area contributed by atoms with E-state index in [9.17, 15) is 9.59 Å². The van der Waals surface area contributed by atoms with Gasteiger partial charge in [-0.3, -0.25) is 15.0 Å². The highest BCUT2D eigenvalue weighted by Crippen LogP contribution is 2.37. The predicted octanol–water partition coefficient (Wildman–Crippen LogP) is 3.65. The summed E-state index contributed by atoms with van der Waals surface area (Å²) in [7, 11) is 0. The van der Waals surface area contributed by atoms with Crippen molar-refractivity contribution in [1.29, 1.82) is 0 Å². The van der Waals surface area contributed by atoms with Gasteiger partial charge in [0.1, 0.15) is 5.69 Å². The van der Waals surface area contributed by atoms with E-state index in [0.29, 0.717) is 36.3 Å². The zero-order valence-electron chi connectivity index (χ0n) is 24.1. The van der Waals surface area contributed by atoms with Crippen molar-refractivity contribution < 1.29 is 19.0 Å². The van der Waals surface area contributed by atoms with Gasteiger partial charge in [0.05, 0.1) is 23.6 Å². The van der Waals surface area contributed by atoms with Crippen LogP contribution in [0.15, 0.2) is 22.2 Å². The van der Waals surface area contributed by atoms with Crippen LogP contribution in [-0.4, -0.2) is 51.5 Å². The first kappa shape index (κ1) is 27.7. The normalized spacial score (nSPS) is 24.7. The van der Waals surface area contributed by atoms with Gasteiger partial charge < -0.3 is 20.7 Å². The highest BCUT2D eigenvalue weighted by molar-refractivity contribution is 5.93. The molecule has 222 valence electrons. The van der Waals surface area contributed by atoms with Crippen molar-refractivity contribution in [3.63, 3.8) is 0 Å². The summed E-state index contributed by atoms with van der Waals surface area (Å²) in [6, 6.07) is -0.272. The lowest BCUT2D eigenvalue weighted by Crippen LogP contribution is -2.42. The second kappa shape index (κ2) is 12.2. The van der Waals surface area contributed by atoms with E-state index in [-0.39, 0.29) is 35.4 Å². The van der Waals surface area contributed by atoms with Crippen LogP contribution in [0.1, 0.15) is 99.6 Å². The average molecular weight is 567 g/mol. The summed E-state index contributed by atoms with van der Waals surface area (Å²) in [4.78, 5) is 31.2. The van der Waals surface area contributed by atoms with Crippen LogP contribution in [0.2, 0.25) is 0 Å². The molecular weight excluding hydrogens is 524 g/mol. The summed E-state index contributed by atoms with van der Waals surface area (Å²) in [5, 5.41) is 17.7. The first-order chi connectivity index (χ1) is 20.0. The third-order valence-corrected chi connectivity index (χ3v) is 9.15. The molecule has 2 amide bonds. The predicted molar refractivity (Wildman–Crippen MR) is 151 cm³/mol. The fraction of sp³-hybridized carbons (Fsp3) is 0.690. The van der Waals surface area contributed by atoms with E-state index in [4.69, 9.17) is 14.3 Å². The summed E-state index contributed by atoms with van der Waals surface area (Å²) < 4.78 is 12.4. The third-order valence-electron chi connectivity index (χ3n) is 9.15. The Bertz CT molecular complexity index is 1270. The zero-order valence-corrected chi connectivity index (χ0v) is 24.1. The molecule has 4 aliphatic rings. The number of nitrogens with zero attached hydrogens (tertiary/aromatic N) is 4. The fourth-order valence-corrected chi connectivity index (χ4v) is 6.85. The number of imidazole rings is 1. The summed E-state index contributed by atoms with van der Waals surface area (Å²) in [5.41, 5.74) is 7.32. The third kappa shape index (κ3) is 5.98. The second-order valence-electron chi connectivity index (χ2n) is 12.1. The number of aromatic nitrogens is 4. The molecule has 0 radical (unpaired) electrons. The van der Waals surface area contributed by atoms with E-state index >= 15 is 0 Å². The number of rotatable bonds is 8. The van der Waals surface area contributed by atoms with Gasteiger partial charge in [-0.25, -0.2) is 14.3 Å². The van der Waals surface area contributed by atoms with Crippen molar-refractivity contribution in [2.75, 3.05) is 30.5 Å². The Morgan fingerprint density at radius 3 is 2.76 bits per heavy atom. The summed E-state index contributed by atoms with van der Waals surface area (Å²) in [6.07, 6.45) is 11.4. The molecule has 3 atom stereocenters. The van der Waals surface area contributed by atoms with Crippen LogP contribution in [-0.2, 0) is 16.0 Å². The first-order valence-electron chi connectivity index (χ1n) is 15.3. The van der Waals surface area contributed by atoms with Crippen molar-refractivity contribution >= 4 is 17.8 Å². The van der Waals surface area contributed by atoms with Crippen molar-refractivity contribution in [2.45, 2.75) is 84.1 Å². The van der Waals surface area contributed by atoms with Crippen LogP contribution in [0.5, 0.6) is 0 Å². The maximum absolute atomic E-state index is 13.3. The second-order valence-corrected chi connectivity index (χ2v) is 12.1. The molecule has 5 heterocycles. The molecule has 6 rings (SSSR count). The quantitative estimate of drug-likeness (QED) is 0.376. The lowest BCUT2D eigenvalue weighted by atomic mass is 9.82. The molecule has 2 aromatic rings. The minimum atomic E-state index is -0.287. The number of fused-ring (bicyclic) bond motifs is 1. The summed E-state index contributed by atoms with van der Waals surface area (Å²) >= 11 is 0. The number of carbonyl (C=O) groups is 2. The molecule has 0 aromatic carbocycles. The first-order valence-corrected chi connectivity index (χ1v) is 15.3. The summed E-state index contributed by atoms with van der Waals surface area (Å²) in [5.74, 6) is 1.46. The number of hydrogen-bond acceptors (Lipinski definition) is 9. The van der Waals surface area contributed by atoms with E-state index in [0.717, 1.165) is 81.8 Å². The van der Waals surface area contributed by atoms with Gasteiger partial charge in [0.15, 0.2) is 5.69 Å². The van der Waals surface area contributed by atoms with Crippen molar-refractivity contribution in [3.05, 3.63) is 34.7 Å². The van der Waals surface area contributed by atoms with Crippen LogP contribution < -0.4 is 21.4 Å². The van der Waals surface area contributed by atoms with Crippen LogP contribution in [0, 0.1) is 23.7 Å². The highest BCUT2D eigenvalue weighted by Gasteiger charge is 2.35. The molecule has 0 spiro atoms. The number of nitrogens with one attached hydrogen (secondary N) is 4. The van der Waals surface area contributed by atoms with Gasteiger partial charge in [0.2, 0.25) is 11.9 Å². The Morgan fingerprint density at radius 1 is 1.17 bits per heavy atom. The number of anilines is 1. The molecule has 1 saturated carbocycles. The van der Waals surface area contributed by atoms with Crippen LogP contribution in [0.3, 0.4) is 0 Å². The summed E-state index contributed by atoms with van der Waals surface area (Å²) in [6.45, 7) is 6.28. The van der Waals surface area contributed by atoms with Crippen LogP contribution in [0.25, 0.3) is 0 Å². The van der Waals surface area contributed by atoms with Gasteiger partial charge in [0.25, 0.3) is 5.91 Å². The largest absolute Gasteiger partial charge is 0.381 e. The number of hydrogen-bond donors (Lipinski definition) is 4. The molecule has 3 fully saturated rings. The van der Waals surface area contributed by atoms with E-state index in [1.165, 1.54) is 6.42 Å². The standard InChI is InChI=1S/C29H42N8O4/c1-3-21-26(36-41-35-21)28(39)32-25(18-7-5-4-6-8-18)23-16-37-29(31-23)33-24(19-9-11-40-12-10-19)22(34-37)14-20-13-17(2)15-30-27(20)38/h16-20,25,34H,3-15H2,1-2H3,(H,30,38)(H,31,33)(H,32,39)/t17-,20+,25-/m0/s1. The van der Waals surface area contributed by atoms with Gasteiger partial charge in [-0.05, 0) is 55.5 Å². The lowest BCUT2D eigenvalue weighted by molar-refractivity contribution is -0.127. The Labute approximate surface area is 240 Å². The number of allylic oxidation sites excluding steroid dienone is 2. The van der Waals surface area contributed by atoms with Gasteiger partial charge in [-0.2, -0.15) is 0 Å². The molecule has 41 heavy (non-hydrogen) atoms. The maximum atomic E-state index is 13.3. The molecule has 0 bridgehead atoms. The smallest absolute Gasteiger partial charge is 0.276 e. The van der Waals surface area contributed by atoms with Gasteiger partial charge in [-0.1, -0.05) is 38.3 Å². The van der Waals surface area contributed by atoms with E-state index in [1.807, 2.05) is 17.8 Å². The molecule has 2 aromatic heterocycles. The molecule has 3 aliphatic heterocycles. The zero-order chi connectivity index (χ0) is 28.3. The molecular formula is C29H42N8O4. The Balaban J connectivity index is 1.28. The number of carbonyl (C=O) groups excluding carboxylic acids is 2. The van der Waals surface area contributed by atoms with E-state index < -0.39 is 0 Å². The van der Waals surface area contributed by atoms with Gasteiger partial charge in [0, 0.05) is 43.7 Å². The average Bonchev–Trinajstić information content (AvgIpc) is 3.65. The molecule has 0 unspecified atom stereocenters. The van der Waals surface area contributed by atoms with Crippen molar-refractivity contribution in [1.82, 2.24) is 30.6 Å². The minimum Gasteiger partial charge on any atom is -0.381 e. The van der Waals surface area contributed by atoms with Crippen LogP contribution >= 0.6 is 0 Å². The highest BCUT2D eigenvalue weighted by atomic mass is 16.6. The maximum Gasteiger partial charge on any atom is 0.276 e. The Hall–Kier alpha value is -3.41. The lowest BCUT2D eigenvalue weighted by Gasteiger charge is -2.34. The topological polar surface area (TPSA) is 148 Å². The molecule has 12 heteroatoms. The fourth-order valence-electron chi connectivity index (χ4n) is 6.85. The number of amides is 2. The number of aryl methyl sites for hydroxylation is 1. The monoisotopic (exact) mass is 566 g/mol. The van der Waals surface area contributed by atoms with E-state index in [1.54, 1.807) is 0 Å². The number of ether oxygens (including phenoxy) is 1. The molecule has 4 N–H and O–H groups in total. The Kier molecular flexibility index (Phi) is 8.27. The van der Waals surface area contributed by atoms with E-state index in [2.05, 4.69) is 38.6 Å². The molecule has 2 saturated heterocycles. The minimum absolute atomic E-state index is 0.0828. The SMILES string of the molecule is CCc1nonc1C(=O)N[C@H](c1cn2c(n1)NC(C1CCOCC1)=C(C[C@H]1C[C@H](C)CNC1=O)N2)C1CCCCC1.